The van der Waals surface area contributed by atoms with Gasteiger partial charge < -0.3 is 15.5 Å². The van der Waals surface area contributed by atoms with E-state index in [1.54, 1.807) is 0 Å². The van der Waals surface area contributed by atoms with Gasteiger partial charge in [-0.2, -0.15) is 0 Å². The third-order valence-corrected chi connectivity index (χ3v) is 2.18. The third-order valence-electron chi connectivity index (χ3n) is 2.18. The fourth-order valence-corrected chi connectivity index (χ4v) is 1.19. The summed E-state index contributed by atoms with van der Waals surface area (Å²) in [6, 6.07) is 0. The Morgan fingerprint density at radius 1 is 1.36 bits per heavy atom. The van der Waals surface area contributed by atoms with E-state index in [0.717, 1.165) is 32.4 Å². The Kier molecular flexibility index (Phi) is 8.57. The van der Waals surface area contributed by atoms with Crippen molar-refractivity contribution in [1.29, 1.82) is 0 Å². The van der Waals surface area contributed by atoms with Crippen molar-refractivity contribution < 1.29 is 15.0 Å². The number of aliphatic hydroxyl groups excluding tert-OH is 1. The minimum Gasteiger partial charge on any atom is -0.481 e. The van der Waals surface area contributed by atoms with E-state index in [0.29, 0.717) is 5.92 Å². The second kappa shape index (κ2) is 8.97. The molecule has 4 heteroatoms. The van der Waals surface area contributed by atoms with Crippen molar-refractivity contribution in [3.63, 3.8) is 0 Å². The standard InChI is InChI=1S/C10H21NO3/c1-9(3-4-10(13)14)5-7-11-6-2-8-12/h9,11-12H,2-8H2,1H3,(H,13,14). The van der Waals surface area contributed by atoms with E-state index >= 15 is 0 Å². The van der Waals surface area contributed by atoms with Gasteiger partial charge >= 0.3 is 5.97 Å². The number of carboxylic acids is 1. The lowest BCUT2D eigenvalue weighted by Gasteiger charge is -2.10. The average molecular weight is 203 g/mol. The van der Waals surface area contributed by atoms with Gasteiger partial charge in [-0.05, 0) is 38.3 Å². The van der Waals surface area contributed by atoms with Crippen LogP contribution < -0.4 is 5.32 Å². The zero-order chi connectivity index (χ0) is 10.8. The minimum atomic E-state index is -0.718. The van der Waals surface area contributed by atoms with Gasteiger partial charge in [-0.3, -0.25) is 4.79 Å². The first-order valence-corrected chi connectivity index (χ1v) is 5.20. The lowest BCUT2D eigenvalue weighted by atomic mass is 10.0. The molecular weight excluding hydrogens is 182 g/mol. The SMILES string of the molecule is CC(CCNCCCO)CCC(=O)O. The molecule has 0 amide bonds. The van der Waals surface area contributed by atoms with E-state index in [2.05, 4.69) is 12.2 Å². The van der Waals surface area contributed by atoms with E-state index in [4.69, 9.17) is 10.2 Å². The largest absolute Gasteiger partial charge is 0.481 e. The molecule has 0 aliphatic heterocycles. The number of carboxylic acid groups (broad SMARTS) is 1. The molecule has 0 radical (unpaired) electrons. The van der Waals surface area contributed by atoms with Gasteiger partial charge in [0, 0.05) is 13.0 Å². The van der Waals surface area contributed by atoms with E-state index < -0.39 is 5.97 Å². The molecule has 0 fully saturated rings. The Labute approximate surface area is 85.3 Å². The lowest BCUT2D eigenvalue weighted by molar-refractivity contribution is -0.137. The van der Waals surface area contributed by atoms with E-state index in [-0.39, 0.29) is 13.0 Å². The number of nitrogens with one attached hydrogen (secondary N) is 1. The minimum absolute atomic E-state index is 0.224. The lowest BCUT2D eigenvalue weighted by Crippen LogP contribution is -2.19. The number of hydrogen-bond donors (Lipinski definition) is 3. The summed E-state index contributed by atoms with van der Waals surface area (Å²) in [6.45, 7) is 4.03. The third kappa shape index (κ3) is 9.48. The van der Waals surface area contributed by atoms with Crippen LogP contribution in [0.4, 0.5) is 0 Å². The summed E-state index contributed by atoms with van der Waals surface area (Å²) in [5, 5.41) is 20.2. The molecule has 0 spiro atoms. The summed E-state index contributed by atoms with van der Waals surface area (Å²) < 4.78 is 0. The van der Waals surface area contributed by atoms with Crippen LogP contribution in [0.15, 0.2) is 0 Å². The topological polar surface area (TPSA) is 69.6 Å². The maximum absolute atomic E-state index is 10.3. The number of hydrogen-bond acceptors (Lipinski definition) is 3. The van der Waals surface area contributed by atoms with E-state index in [1.807, 2.05) is 0 Å². The summed E-state index contributed by atoms with van der Waals surface area (Å²) in [4.78, 5) is 10.3. The number of aliphatic hydroxyl groups is 1. The van der Waals surface area contributed by atoms with Crippen molar-refractivity contribution >= 4 is 5.97 Å². The van der Waals surface area contributed by atoms with Crippen LogP contribution in [0.5, 0.6) is 0 Å². The van der Waals surface area contributed by atoms with Gasteiger partial charge in [-0.25, -0.2) is 0 Å². The molecule has 0 aromatic rings. The van der Waals surface area contributed by atoms with Gasteiger partial charge in [-0.1, -0.05) is 6.92 Å². The molecule has 0 saturated carbocycles. The van der Waals surface area contributed by atoms with Gasteiger partial charge in [0.15, 0.2) is 0 Å². The molecule has 0 aliphatic carbocycles. The van der Waals surface area contributed by atoms with Crippen molar-refractivity contribution in [3.05, 3.63) is 0 Å². The molecule has 0 aromatic heterocycles. The maximum Gasteiger partial charge on any atom is 0.303 e. The molecule has 84 valence electrons. The number of carbonyl (C=O) groups is 1. The summed E-state index contributed by atoms with van der Waals surface area (Å²) >= 11 is 0. The first-order chi connectivity index (χ1) is 6.66. The summed E-state index contributed by atoms with van der Waals surface area (Å²) in [5.74, 6) is -0.266. The highest BCUT2D eigenvalue weighted by Gasteiger charge is 2.04. The quantitative estimate of drug-likeness (QED) is 0.486. The monoisotopic (exact) mass is 203 g/mol. The number of rotatable bonds is 9. The highest BCUT2D eigenvalue weighted by Crippen LogP contribution is 2.08. The van der Waals surface area contributed by atoms with Crippen LogP contribution in [0.1, 0.15) is 32.6 Å². The average Bonchev–Trinajstić information content (AvgIpc) is 2.14. The van der Waals surface area contributed by atoms with E-state index in [1.165, 1.54) is 0 Å². The molecule has 14 heavy (non-hydrogen) atoms. The van der Waals surface area contributed by atoms with Gasteiger partial charge in [0.25, 0.3) is 0 Å². The zero-order valence-corrected chi connectivity index (χ0v) is 8.83. The van der Waals surface area contributed by atoms with Crippen LogP contribution in [0.25, 0.3) is 0 Å². The highest BCUT2D eigenvalue weighted by atomic mass is 16.4. The van der Waals surface area contributed by atoms with Gasteiger partial charge in [0.05, 0.1) is 0 Å². The van der Waals surface area contributed by atoms with Crippen LogP contribution in [-0.2, 0) is 4.79 Å². The van der Waals surface area contributed by atoms with Crippen molar-refractivity contribution in [3.8, 4) is 0 Å². The molecular formula is C10H21NO3. The predicted octanol–water partition coefficient (Wildman–Crippen LogP) is 0.849. The van der Waals surface area contributed by atoms with Gasteiger partial charge in [0.1, 0.15) is 0 Å². The summed E-state index contributed by atoms with van der Waals surface area (Å²) in [6.07, 6.45) is 2.79. The Bertz CT molecular complexity index is 150. The van der Waals surface area contributed by atoms with Crippen LogP contribution in [0, 0.1) is 5.92 Å². The van der Waals surface area contributed by atoms with Gasteiger partial charge in [-0.15, -0.1) is 0 Å². The van der Waals surface area contributed by atoms with Crippen LogP contribution in [0.2, 0.25) is 0 Å². The maximum atomic E-state index is 10.3. The molecule has 0 bridgehead atoms. The first-order valence-electron chi connectivity index (χ1n) is 5.20. The predicted molar refractivity (Wildman–Crippen MR) is 55.2 cm³/mol. The molecule has 0 rings (SSSR count). The number of aliphatic carboxylic acids is 1. The second-order valence-corrected chi connectivity index (χ2v) is 3.65. The van der Waals surface area contributed by atoms with Crippen LogP contribution >= 0.6 is 0 Å². The highest BCUT2D eigenvalue weighted by molar-refractivity contribution is 5.66. The Balaban J connectivity index is 3.18. The molecule has 1 unspecified atom stereocenters. The molecule has 0 aliphatic rings. The Morgan fingerprint density at radius 2 is 2.07 bits per heavy atom. The van der Waals surface area contributed by atoms with Crippen molar-refractivity contribution in [2.75, 3.05) is 19.7 Å². The van der Waals surface area contributed by atoms with Crippen molar-refractivity contribution in [2.24, 2.45) is 5.92 Å². The van der Waals surface area contributed by atoms with E-state index in [9.17, 15) is 4.79 Å². The second-order valence-electron chi connectivity index (χ2n) is 3.65. The molecule has 1 atom stereocenters. The van der Waals surface area contributed by atoms with Crippen LogP contribution in [0.3, 0.4) is 0 Å². The zero-order valence-electron chi connectivity index (χ0n) is 8.83. The molecule has 3 N–H and O–H groups in total. The Morgan fingerprint density at radius 3 is 2.64 bits per heavy atom. The fourth-order valence-electron chi connectivity index (χ4n) is 1.19. The molecule has 4 nitrogen and oxygen atoms in total. The molecule has 0 saturated heterocycles. The Hall–Kier alpha value is -0.610. The smallest absolute Gasteiger partial charge is 0.303 e. The normalized spacial score (nSPS) is 12.7. The summed E-state index contributed by atoms with van der Waals surface area (Å²) in [5.41, 5.74) is 0. The summed E-state index contributed by atoms with van der Waals surface area (Å²) in [7, 11) is 0. The first kappa shape index (κ1) is 13.4. The van der Waals surface area contributed by atoms with Gasteiger partial charge in [0.2, 0.25) is 0 Å². The van der Waals surface area contributed by atoms with Crippen LogP contribution in [-0.4, -0.2) is 35.9 Å². The fraction of sp³-hybridized carbons (Fsp3) is 0.900. The van der Waals surface area contributed by atoms with Crippen molar-refractivity contribution in [2.45, 2.75) is 32.6 Å². The van der Waals surface area contributed by atoms with Crippen molar-refractivity contribution in [1.82, 2.24) is 5.32 Å². The molecule has 0 aromatic carbocycles. The molecule has 0 heterocycles.